The lowest BCUT2D eigenvalue weighted by atomic mass is 9.96. The van der Waals surface area contributed by atoms with Crippen LogP contribution in [-0.2, 0) is 4.79 Å². The molecule has 6 heteroatoms. The number of amides is 1. The standard InChI is InChI=1S/C18H22N4OS/c23-18(15-7-4-12-24-15)22-10-8-14(9-11-22)17-19-16(20-21-17)13-5-2-1-3-6-13/h1-3,5-6,14-15H,4,7-12H2,(H,19,20,21)/t15-/m0/s1. The molecule has 0 unspecified atom stereocenters. The van der Waals surface area contributed by atoms with Crippen LogP contribution in [0.5, 0.6) is 0 Å². The van der Waals surface area contributed by atoms with Crippen molar-refractivity contribution >= 4 is 17.7 Å². The third kappa shape index (κ3) is 3.20. The number of likely N-dealkylation sites (tertiary alicyclic amines) is 1. The number of rotatable bonds is 3. The third-order valence-corrected chi connectivity index (χ3v) is 6.30. The first-order valence-electron chi connectivity index (χ1n) is 8.69. The number of nitrogens with zero attached hydrogens (tertiary/aromatic N) is 3. The fraction of sp³-hybridized carbons (Fsp3) is 0.500. The van der Waals surface area contributed by atoms with E-state index < -0.39 is 0 Å². The Labute approximate surface area is 146 Å². The zero-order chi connectivity index (χ0) is 16.4. The van der Waals surface area contributed by atoms with E-state index in [1.807, 2.05) is 47.0 Å². The molecule has 3 heterocycles. The van der Waals surface area contributed by atoms with Crippen LogP contribution in [0.4, 0.5) is 0 Å². The second-order valence-electron chi connectivity index (χ2n) is 6.51. The normalized spacial score (nSPS) is 22.0. The highest BCUT2D eigenvalue weighted by atomic mass is 32.2. The lowest BCUT2D eigenvalue weighted by molar-refractivity contribution is -0.131. The summed E-state index contributed by atoms with van der Waals surface area (Å²) in [4.78, 5) is 19.2. The Bertz CT molecular complexity index is 688. The van der Waals surface area contributed by atoms with E-state index in [4.69, 9.17) is 0 Å². The maximum atomic E-state index is 12.5. The molecule has 2 saturated heterocycles. The number of nitrogens with one attached hydrogen (secondary N) is 1. The summed E-state index contributed by atoms with van der Waals surface area (Å²) in [5, 5.41) is 7.67. The number of carbonyl (C=O) groups is 1. The molecule has 4 rings (SSSR count). The summed E-state index contributed by atoms with van der Waals surface area (Å²) in [7, 11) is 0. The second kappa shape index (κ2) is 6.97. The van der Waals surface area contributed by atoms with Crippen LogP contribution in [0.1, 0.15) is 37.4 Å². The minimum Gasteiger partial charge on any atom is -0.342 e. The molecular weight excluding hydrogens is 320 g/mol. The minimum absolute atomic E-state index is 0.205. The largest absolute Gasteiger partial charge is 0.342 e. The lowest BCUT2D eigenvalue weighted by Crippen LogP contribution is -2.42. The monoisotopic (exact) mass is 342 g/mol. The molecule has 0 spiro atoms. The lowest BCUT2D eigenvalue weighted by Gasteiger charge is -2.32. The van der Waals surface area contributed by atoms with Crippen molar-refractivity contribution in [2.75, 3.05) is 18.8 Å². The first-order chi connectivity index (χ1) is 11.8. The summed E-state index contributed by atoms with van der Waals surface area (Å²) < 4.78 is 0. The van der Waals surface area contributed by atoms with E-state index in [9.17, 15) is 4.79 Å². The van der Waals surface area contributed by atoms with Gasteiger partial charge >= 0.3 is 0 Å². The van der Waals surface area contributed by atoms with Crippen molar-refractivity contribution in [2.24, 2.45) is 0 Å². The SMILES string of the molecule is O=C([C@@H]1CCCS1)N1CCC(c2nc(-c3ccccc3)n[nH]2)CC1. The van der Waals surface area contributed by atoms with Gasteiger partial charge in [-0.05, 0) is 31.4 Å². The number of aromatic amines is 1. The number of H-pyrrole nitrogens is 1. The number of piperidine rings is 1. The van der Waals surface area contributed by atoms with Gasteiger partial charge in [0.25, 0.3) is 0 Å². The molecule has 2 aromatic rings. The molecule has 1 aromatic carbocycles. The van der Waals surface area contributed by atoms with Crippen LogP contribution in [0.2, 0.25) is 0 Å². The van der Waals surface area contributed by atoms with Crippen molar-refractivity contribution in [2.45, 2.75) is 36.9 Å². The summed E-state index contributed by atoms with van der Waals surface area (Å²) in [5.74, 6) is 3.56. The van der Waals surface area contributed by atoms with Gasteiger partial charge in [-0.25, -0.2) is 4.98 Å². The number of carbonyl (C=O) groups excluding carboxylic acids is 1. The van der Waals surface area contributed by atoms with Crippen LogP contribution in [0.15, 0.2) is 30.3 Å². The molecular formula is C18H22N4OS. The number of benzene rings is 1. The molecule has 0 bridgehead atoms. The molecule has 2 fully saturated rings. The smallest absolute Gasteiger partial charge is 0.235 e. The maximum absolute atomic E-state index is 12.5. The molecule has 1 N–H and O–H groups in total. The molecule has 0 radical (unpaired) electrons. The fourth-order valence-corrected chi connectivity index (χ4v) is 4.77. The Hall–Kier alpha value is -1.82. The third-order valence-electron chi connectivity index (χ3n) is 4.93. The van der Waals surface area contributed by atoms with Gasteiger partial charge in [0.2, 0.25) is 5.91 Å². The van der Waals surface area contributed by atoms with Crippen molar-refractivity contribution in [3.8, 4) is 11.4 Å². The zero-order valence-corrected chi connectivity index (χ0v) is 14.5. The molecule has 2 aliphatic heterocycles. The predicted molar refractivity (Wildman–Crippen MR) is 95.9 cm³/mol. The van der Waals surface area contributed by atoms with Crippen LogP contribution in [0.25, 0.3) is 11.4 Å². The summed E-state index contributed by atoms with van der Waals surface area (Å²) in [6, 6.07) is 10.0. The van der Waals surface area contributed by atoms with E-state index >= 15 is 0 Å². The topological polar surface area (TPSA) is 61.9 Å². The second-order valence-corrected chi connectivity index (χ2v) is 7.82. The van der Waals surface area contributed by atoms with E-state index in [-0.39, 0.29) is 5.25 Å². The Morgan fingerprint density at radius 3 is 2.67 bits per heavy atom. The Balaban J connectivity index is 1.38. The highest BCUT2D eigenvalue weighted by molar-refractivity contribution is 8.00. The Morgan fingerprint density at radius 2 is 1.96 bits per heavy atom. The van der Waals surface area contributed by atoms with Crippen molar-refractivity contribution in [3.05, 3.63) is 36.2 Å². The molecule has 126 valence electrons. The van der Waals surface area contributed by atoms with Crippen molar-refractivity contribution < 1.29 is 4.79 Å². The first-order valence-corrected chi connectivity index (χ1v) is 9.74. The summed E-state index contributed by atoms with van der Waals surface area (Å²) in [6.45, 7) is 1.67. The van der Waals surface area contributed by atoms with Gasteiger partial charge < -0.3 is 4.90 Å². The highest BCUT2D eigenvalue weighted by Crippen LogP contribution is 2.31. The van der Waals surface area contributed by atoms with Crippen LogP contribution < -0.4 is 0 Å². The summed E-state index contributed by atoms with van der Waals surface area (Å²) in [5.41, 5.74) is 1.03. The minimum atomic E-state index is 0.205. The molecule has 0 saturated carbocycles. The Morgan fingerprint density at radius 1 is 1.17 bits per heavy atom. The quantitative estimate of drug-likeness (QED) is 0.931. The first kappa shape index (κ1) is 15.7. The van der Waals surface area contributed by atoms with Gasteiger partial charge in [-0.2, -0.15) is 5.10 Å². The molecule has 2 aliphatic rings. The van der Waals surface area contributed by atoms with E-state index in [0.29, 0.717) is 11.8 Å². The molecule has 1 aromatic heterocycles. The van der Waals surface area contributed by atoms with Gasteiger partial charge in [0.1, 0.15) is 5.82 Å². The number of hydrogen-bond donors (Lipinski definition) is 1. The van der Waals surface area contributed by atoms with Crippen molar-refractivity contribution in [3.63, 3.8) is 0 Å². The van der Waals surface area contributed by atoms with E-state index in [2.05, 4.69) is 15.2 Å². The van der Waals surface area contributed by atoms with Gasteiger partial charge in [-0.15, -0.1) is 11.8 Å². The van der Waals surface area contributed by atoms with Gasteiger partial charge in [0.15, 0.2) is 5.82 Å². The maximum Gasteiger partial charge on any atom is 0.235 e. The number of aromatic nitrogens is 3. The van der Waals surface area contributed by atoms with Gasteiger partial charge in [0.05, 0.1) is 5.25 Å². The molecule has 0 aliphatic carbocycles. The summed E-state index contributed by atoms with van der Waals surface area (Å²) in [6.07, 6.45) is 4.16. The average Bonchev–Trinajstić information content (AvgIpc) is 3.34. The van der Waals surface area contributed by atoms with Crippen molar-refractivity contribution in [1.82, 2.24) is 20.1 Å². The van der Waals surface area contributed by atoms with Gasteiger partial charge in [-0.1, -0.05) is 30.3 Å². The summed E-state index contributed by atoms with van der Waals surface area (Å²) >= 11 is 1.82. The predicted octanol–water partition coefficient (Wildman–Crippen LogP) is 3.07. The van der Waals surface area contributed by atoms with Crippen LogP contribution in [-0.4, -0.2) is 50.1 Å². The van der Waals surface area contributed by atoms with E-state index in [1.54, 1.807) is 0 Å². The van der Waals surface area contributed by atoms with Crippen LogP contribution in [0, 0.1) is 0 Å². The van der Waals surface area contributed by atoms with E-state index in [0.717, 1.165) is 55.3 Å². The molecule has 1 atom stereocenters. The highest BCUT2D eigenvalue weighted by Gasteiger charge is 2.31. The van der Waals surface area contributed by atoms with Crippen LogP contribution >= 0.6 is 11.8 Å². The molecule has 24 heavy (non-hydrogen) atoms. The van der Waals surface area contributed by atoms with E-state index in [1.165, 1.54) is 6.42 Å². The van der Waals surface area contributed by atoms with Gasteiger partial charge in [0, 0.05) is 24.6 Å². The molecule has 1 amide bonds. The van der Waals surface area contributed by atoms with Crippen LogP contribution in [0.3, 0.4) is 0 Å². The number of thioether (sulfide) groups is 1. The number of hydrogen-bond acceptors (Lipinski definition) is 4. The average molecular weight is 342 g/mol. The fourth-order valence-electron chi connectivity index (χ4n) is 3.52. The Kier molecular flexibility index (Phi) is 4.56. The zero-order valence-electron chi connectivity index (χ0n) is 13.6. The van der Waals surface area contributed by atoms with Crippen molar-refractivity contribution in [1.29, 1.82) is 0 Å². The molecule has 5 nitrogen and oxygen atoms in total. The van der Waals surface area contributed by atoms with Gasteiger partial charge in [-0.3, -0.25) is 9.89 Å².